The van der Waals surface area contributed by atoms with Gasteiger partial charge in [-0.1, -0.05) is 0 Å². The van der Waals surface area contributed by atoms with E-state index in [1.807, 2.05) is 11.8 Å². The van der Waals surface area contributed by atoms with Crippen LogP contribution in [0.15, 0.2) is 0 Å². The number of hydrogen-bond donors (Lipinski definition) is 1. The molecule has 0 aromatic carbocycles. The summed E-state index contributed by atoms with van der Waals surface area (Å²) in [6.45, 7) is 4.39. The molecular weight excluding hydrogens is 268 g/mol. The summed E-state index contributed by atoms with van der Waals surface area (Å²) in [5.74, 6) is 0.929. The van der Waals surface area contributed by atoms with Gasteiger partial charge in [0, 0.05) is 19.0 Å². The molecular formula is C16H28N2O3. The minimum atomic E-state index is -0.104. The third-order valence-electron chi connectivity index (χ3n) is 4.96. The highest BCUT2D eigenvalue weighted by Gasteiger charge is 2.33. The Morgan fingerprint density at radius 2 is 1.67 bits per heavy atom. The Labute approximate surface area is 127 Å². The summed E-state index contributed by atoms with van der Waals surface area (Å²) < 4.78 is 5.06. The number of nitrogens with zero attached hydrogens (tertiary/aromatic N) is 1. The molecule has 0 unspecified atom stereocenters. The van der Waals surface area contributed by atoms with Crippen LogP contribution in [0.4, 0.5) is 0 Å². The minimum absolute atomic E-state index is 0.0259. The van der Waals surface area contributed by atoms with Crippen LogP contribution in [0.3, 0.4) is 0 Å². The maximum Gasteiger partial charge on any atom is 0.309 e. The Hall–Kier alpha value is -1.10. The standard InChI is InChI=1S/C16H28N2O3/c1-2-21-16(20)14-7-9-18(10-8-14)15(19)13-5-3-12(11-17)4-6-13/h12-14H,2-11,17H2,1H3. The van der Waals surface area contributed by atoms with Gasteiger partial charge in [0.1, 0.15) is 0 Å². The van der Waals surface area contributed by atoms with Gasteiger partial charge in [-0.2, -0.15) is 0 Å². The zero-order valence-electron chi connectivity index (χ0n) is 13.1. The van der Waals surface area contributed by atoms with E-state index in [1.54, 1.807) is 0 Å². The second-order valence-corrected chi connectivity index (χ2v) is 6.30. The highest BCUT2D eigenvalue weighted by Crippen LogP contribution is 2.30. The van der Waals surface area contributed by atoms with Gasteiger partial charge in [0.25, 0.3) is 0 Å². The van der Waals surface area contributed by atoms with Crippen molar-refractivity contribution < 1.29 is 14.3 Å². The molecule has 1 aliphatic heterocycles. The molecule has 1 amide bonds. The number of nitrogens with two attached hydrogens (primary N) is 1. The van der Waals surface area contributed by atoms with Gasteiger partial charge in [0.2, 0.25) is 5.91 Å². The van der Waals surface area contributed by atoms with E-state index in [1.165, 1.54) is 0 Å². The van der Waals surface area contributed by atoms with Crippen LogP contribution in [0.1, 0.15) is 45.4 Å². The molecule has 2 rings (SSSR count). The van der Waals surface area contributed by atoms with Gasteiger partial charge in [0.05, 0.1) is 12.5 Å². The van der Waals surface area contributed by atoms with E-state index in [4.69, 9.17) is 10.5 Å². The van der Waals surface area contributed by atoms with E-state index >= 15 is 0 Å². The van der Waals surface area contributed by atoms with Gasteiger partial charge in [0.15, 0.2) is 0 Å². The lowest BCUT2D eigenvalue weighted by atomic mass is 9.81. The van der Waals surface area contributed by atoms with Crippen molar-refractivity contribution in [3.63, 3.8) is 0 Å². The molecule has 0 aromatic rings. The zero-order valence-corrected chi connectivity index (χ0v) is 13.1. The molecule has 5 nitrogen and oxygen atoms in total. The predicted octanol–water partition coefficient (Wildman–Crippen LogP) is 1.55. The summed E-state index contributed by atoms with van der Waals surface area (Å²) in [6.07, 6.45) is 5.57. The molecule has 1 heterocycles. The van der Waals surface area contributed by atoms with Crippen LogP contribution in [0, 0.1) is 17.8 Å². The average Bonchev–Trinajstić information content (AvgIpc) is 2.54. The van der Waals surface area contributed by atoms with Crippen molar-refractivity contribution in [3.05, 3.63) is 0 Å². The number of amides is 1. The summed E-state index contributed by atoms with van der Waals surface area (Å²) >= 11 is 0. The number of rotatable bonds is 4. The third kappa shape index (κ3) is 4.19. The number of likely N-dealkylation sites (tertiary alicyclic amines) is 1. The molecule has 120 valence electrons. The van der Waals surface area contributed by atoms with Crippen LogP contribution in [0.2, 0.25) is 0 Å². The topological polar surface area (TPSA) is 72.6 Å². The van der Waals surface area contributed by atoms with Crippen LogP contribution in [0.25, 0.3) is 0 Å². The van der Waals surface area contributed by atoms with Crippen LogP contribution in [-0.4, -0.2) is 43.0 Å². The van der Waals surface area contributed by atoms with E-state index in [0.29, 0.717) is 25.6 Å². The smallest absolute Gasteiger partial charge is 0.309 e. The van der Waals surface area contributed by atoms with Gasteiger partial charge < -0.3 is 15.4 Å². The molecule has 2 N–H and O–H groups in total. The first-order valence-electron chi connectivity index (χ1n) is 8.31. The average molecular weight is 296 g/mol. The van der Waals surface area contributed by atoms with Crippen molar-refractivity contribution in [2.24, 2.45) is 23.5 Å². The predicted molar refractivity (Wildman–Crippen MR) is 80.4 cm³/mol. The Morgan fingerprint density at radius 1 is 1.05 bits per heavy atom. The first kappa shape index (κ1) is 16.3. The highest BCUT2D eigenvalue weighted by atomic mass is 16.5. The van der Waals surface area contributed by atoms with E-state index in [-0.39, 0.29) is 23.7 Å². The molecule has 1 aliphatic carbocycles. The lowest BCUT2D eigenvalue weighted by Crippen LogP contribution is -2.44. The van der Waals surface area contributed by atoms with Crippen molar-refractivity contribution in [2.45, 2.75) is 45.4 Å². The summed E-state index contributed by atoms with van der Waals surface area (Å²) in [4.78, 5) is 26.2. The molecule has 0 aromatic heterocycles. The van der Waals surface area contributed by atoms with Crippen molar-refractivity contribution in [1.82, 2.24) is 4.90 Å². The summed E-state index contributed by atoms with van der Waals surface area (Å²) in [5, 5.41) is 0. The molecule has 0 radical (unpaired) electrons. The lowest BCUT2D eigenvalue weighted by Gasteiger charge is -2.35. The Balaban J connectivity index is 1.77. The van der Waals surface area contributed by atoms with E-state index in [0.717, 1.165) is 45.1 Å². The molecule has 1 saturated heterocycles. The molecule has 1 saturated carbocycles. The fourth-order valence-corrected chi connectivity index (χ4v) is 3.50. The van der Waals surface area contributed by atoms with Crippen molar-refractivity contribution in [2.75, 3.05) is 26.2 Å². The van der Waals surface area contributed by atoms with E-state index in [2.05, 4.69) is 0 Å². The first-order valence-corrected chi connectivity index (χ1v) is 8.31. The van der Waals surface area contributed by atoms with Gasteiger partial charge in [-0.05, 0) is 57.9 Å². The Bertz CT molecular complexity index is 357. The monoisotopic (exact) mass is 296 g/mol. The van der Waals surface area contributed by atoms with E-state index < -0.39 is 0 Å². The summed E-state index contributed by atoms with van der Waals surface area (Å²) in [5.41, 5.74) is 5.70. The van der Waals surface area contributed by atoms with Gasteiger partial charge >= 0.3 is 5.97 Å². The molecule has 5 heteroatoms. The van der Waals surface area contributed by atoms with Crippen molar-refractivity contribution >= 4 is 11.9 Å². The Morgan fingerprint density at radius 3 is 2.19 bits per heavy atom. The number of ether oxygens (including phenoxy) is 1. The number of carbonyl (C=O) groups excluding carboxylic acids is 2. The maximum absolute atomic E-state index is 12.5. The molecule has 21 heavy (non-hydrogen) atoms. The van der Waals surface area contributed by atoms with Crippen LogP contribution in [0.5, 0.6) is 0 Å². The minimum Gasteiger partial charge on any atom is -0.466 e. The molecule has 0 atom stereocenters. The van der Waals surface area contributed by atoms with Crippen LogP contribution in [-0.2, 0) is 14.3 Å². The number of piperidine rings is 1. The SMILES string of the molecule is CCOC(=O)C1CCN(C(=O)C2CCC(CN)CC2)CC1. The largest absolute Gasteiger partial charge is 0.466 e. The molecule has 0 bridgehead atoms. The summed E-state index contributed by atoms with van der Waals surface area (Å²) in [7, 11) is 0. The van der Waals surface area contributed by atoms with Gasteiger partial charge in [-0.15, -0.1) is 0 Å². The maximum atomic E-state index is 12.5. The molecule has 2 aliphatic rings. The Kier molecular flexibility index (Phi) is 6.03. The fraction of sp³-hybridized carbons (Fsp3) is 0.875. The zero-order chi connectivity index (χ0) is 15.2. The quantitative estimate of drug-likeness (QED) is 0.799. The van der Waals surface area contributed by atoms with Gasteiger partial charge in [-0.3, -0.25) is 9.59 Å². The van der Waals surface area contributed by atoms with Crippen molar-refractivity contribution in [3.8, 4) is 0 Å². The molecule has 0 spiro atoms. The lowest BCUT2D eigenvalue weighted by molar-refractivity contribution is -0.152. The second-order valence-electron chi connectivity index (χ2n) is 6.30. The first-order chi connectivity index (χ1) is 10.2. The highest BCUT2D eigenvalue weighted by molar-refractivity contribution is 5.79. The normalized spacial score (nSPS) is 27.4. The van der Waals surface area contributed by atoms with Crippen LogP contribution < -0.4 is 5.73 Å². The number of hydrogen-bond acceptors (Lipinski definition) is 4. The fourth-order valence-electron chi connectivity index (χ4n) is 3.50. The van der Waals surface area contributed by atoms with Crippen molar-refractivity contribution in [1.29, 1.82) is 0 Å². The summed E-state index contributed by atoms with van der Waals surface area (Å²) in [6, 6.07) is 0. The van der Waals surface area contributed by atoms with Crippen LogP contribution >= 0.6 is 0 Å². The third-order valence-corrected chi connectivity index (χ3v) is 4.96. The number of carbonyl (C=O) groups is 2. The number of esters is 1. The molecule has 2 fully saturated rings. The van der Waals surface area contributed by atoms with Gasteiger partial charge in [-0.25, -0.2) is 0 Å². The second kappa shape index (κ2) is 7.78. The van der Waals surface area contributed by atoms with E-state index in [9.17, 15) is 9.59 Å².